The lowest BCUT2D eigenvalue weighted by molar-refractivity contribution is -0.138. The second-order valence-electron chi connectivity index (χ2n) is 17.9. The number of aromatic nitrogens is 4. The molecule has 4 aromatic carbocycles. The first-order valence-corrected chi connectivity index (χ1v) is 21.9. The van der Waals surface area contributed by atoms with Gasteiger partial charge in [0.15, 0.2) is 0 Å². The fourth-order valence-electron chi connectivity index (χ4n) is 9.89. The summed E-state index contributed by atoms with van der Waals surface area (Å²) >= 11 is 0. The van der Waals surface area contributed by atoms with E-state index < -0.39 is 12.1 Å². The number of H-pyrrole nitrogens is 2. The van der Waals surface area contributed by atoms with Crippen LogP contribution in [0.4, 0.5) is 4.79 Å². The van der Waals surface area contributed by atoms with Gasteiger partial charge in [-0.15, -0.1) is 0 Å². The number of fused-ring (bicyclic) bond motifs is 2. The van der Waals surface area contributed by atoms with E-state index in [0.717, 1.165) is 107 Å². The summed E-state index contributed by atoms with van der Waals surface area (Å²) in [5, 5.41) is 4.95. The Morgan fingerprint density at radius 3 is 2.07 bits per heavy atom. The van der Waals surface area contributed by atoms with Gasteiger partial charge in [0.2, 0.25) is 11.8 Å². The summed E-state index contributed by atoms with van der Waals surface area (Å²) in [6.45, 7) is 11.4. The van der Waals surface area contributed by atoms with Crippen molar-refractivity contribution in [1.82, 2.24) is 40.0 Å². The van der Waals surface area contributed by atoms with E-state index in [1.807, 2.05) is 43.1 Å². The summed E-state index contributed by atoms with van der Waals surface area (Å²) in [6.07, 6.45) is 5.12. The Morgan fingerprint density at radius 2 is 1.38 bits per heavy atom. The van der Waals surface area contributed by atoms with Crippen LogP contribution in [0.15, 0.2) is 91.1 Å². The normalized spacial score (nSPS) is 21.7. The molecule has 316 valence electrons. The van der Waals surface area contributed by atoms with E-state index >= 15 is 0 Å². The van der Waals surface area contributed by atoms with Gasteiger partial charge in [-0.05, 0) is 108 Å². The van der Waals surface area contributed by atoms with Crippen LogP contribution in [-0.2, 0) is 14.3 Å². The van der Waals surface area contributed by atoms with Gasteiger partial charge in [-0.1, -0.05) is 88.4 Å². The molecule has 6 atom stereocenters. The highest BCUT2D eigenvalue weighted by atomic mass is 16.5. The topological polar surface area (TPSA) is 140 Å². The average molecular weight is 821 g/mol. The number of amides is 3. The summed E-state index contributed by atoms with van der Waals surface area (Å²) < 4.78 is 4.81. The molecule has 3 amide bonds. The Labute approximate surface area is 357 Å². The van der Waals surface area contributed by atoms with E-state index in [1.54, 1.807) is 0 Å². The van der Waals surface area contributed by atoms with Crippen LogP contribution in [0.1, 0.15) is 88.7 Å². The fourth-order valence-corrected chi connectivity index (χ4v) is 9.89. The first-order valence-electron chi connectivity index (χ1n) is 21.9. The number of methoxy groups -OCH3 is 1. The van der Waals surface area contributed by atoms with E-state index in [9.17, 15) is 14.4 Å². The monoisotopic (exact) mass is 820 g/mol. The number of benzene rings is 4. The summed E-state index contributed by atoms with van der Waals surface area (Å²) in [5.74, 6) is 2.18. The lowest BCUT2D eigenvalue weighted by Crippen LogP contribution is -2.51. The van der Waals surface area contributed by atoms with Crippen molar-refractivity contribution in [2.75, 3.05) is 33.3 Å². The van der Waals surface area contributed by atoms with Crippen LogP contribution in [0, 0.1) is 17.8 Å². The predicted molar refractivity (Wildman–Crippen MR) is 237 cm³/mol. The maximum atomic E-state index is 14.5. The lowest BCUT2D eigenvalue weighted by Gasteiger charge is -2.33. The third kappa shape index (κ3) is 8.01. The van der Waals surface area contributed by atoms with Gasteiger partial charge in [0.25, 0.3) is 0 Å². The average Bonchev–Trinajstić information content (AvgIpc) is 4.13. The molecule has 12 heteroatoms. The number of ether oxygens (including phenoxy) is 1. The Balaban J connectivity index is 0.930. The third-order valence-corrected chi connectivity index (χ3v) is 13.0. The maximum Gasteiger partial charge on any atom is 0.407 e. The van der Waals surface area contributed by atoms with Crippen molar-refractivity contribution in [3.05, 3.63) is 108 Å². The van der Waals surface area contributed by atoms with Gasteiger partial charge in [0.05, 0.1) is 42.1 Å². The minimum absolute atomic E-state index is 0.108. The standard InChI is InChI=1S/C49H56N8O4/c1-29(2)43(54-49(60)61-5)47(58)56-27-30(3)21-41(56)45-50-26-40(53-45)37-16-15-33-23-34(13-14-35(33)24-37)36-17-18-38-39(25-36)52-46(51-38)42-22-31(4)28-57(42)48(59)44(55-19-9-10-20-55)32-11-7-6-8-12-32/h6-8,11-18,23-26,29-31,41-44H,9-10,19-22,27-28H2,1-5H3,(H,50,53)(H,51,52)(H,54,60)/t30-,31-,41-,42-,43-,44+/m0/s1. The summed E-state index contributed by atoms with van der Waals surface area (Å²) in [5.41, 5.74) is 6.99. The summed E-state index contributed by atoms with van der Waals surface area (Å²) in [6, 6.07) is 28.3. The van der Waals surface area contributed by atoms with Gasteiger partial charge in [-0.25, -0.2) is 14.8 Å². The van der Waals surface area contributed by atoms with E-state index in [4.69, 9.17) is 14.7 Å². The van der Waals surface area contributed by atoms with Crippen LogP contribution >= 0.6 is 0 Å². The molecule has 3 saturated heterocycles. The van der Waals surface area contributed by atoms with E-state index in [2.05, 4.69) is 106 Å². The predicted octanol–water partition coefficient (Wildman–Crippen LogP) is 8.81. The molecule has 5 heterocycles. The Kier molecular flexibility index (Phi) is 11.1. The smallest absolute Gasteiger partial charge is 0.407 e. The molecular weight excluding hydrogens is 765 g/mol. The molecule has 0 saturated carbocycles. The first-order chi connectivity index (χ1) is 29.5. The van der Waals surface area contributed by atoms with Crippen molar-refractivity contribution < 1.29 is 19.1 Å². The number of nitrogens with one attached hydrogen (secondary N) is 3. The molecule has 3 fully saturated rings. The van der Waals surface area contributed by atoms with Gasteiger partial charge in [0, 0.05) is 18.7 Å². The maximum absolute atomic E-state index is 14.5. The zero-order chi connectivity index (χ0) is 42.4. The number of carbonyl (C=O) groups excluding carboxylic acids is 3. The molecule has 61 heavy (non-hydrogen) atoms. The number of aromatic amines is 2. The van der Waals surface area contributed by atoms with Gasteiger partial charge in [0.1, 0.15) is 23.7 Å². The number of hydrogen-bond acceptors (Lipinski definition) is 7. The highest BCUT2D eigenvalue weighted by Gasteiger charge is 2.42. The number of hydrogen-bond donors (Lipinski definition) is 3. The lowest BCUT2D eigenvalue weighted by atomic mass is 9.99. The number of nitrogens with zero attached hydrogens (tertiary/aromatic N) is 5. The van der Waals surface area contributed by atoms with Crippen molar-refractivity contribution in [3.63, 3.8) is 0 Å². The molecule has 3 aliphatic rings. The second kappa shape index (κ2) is 16.8. The number of likely N-dealkylation sites (tertiary alicyclic amines) is 3. The number of carbonyl (C=O) groups is 3. The van der Waals surface area contributed by atoms with E-state index in [1.165, 1.54) is 7.11 Å². The minimum atomic E-state index is -0.694. The highest BCUT2D eigenvalue weighted by molar-refractivity contribution is 5.92. The zero-order valence-electron chi connectivity index (χ0n) is 35.7. The Morgan fingerprint density at radius 1 is 0.754 bits per heavy atom. The van der Waals surface area contributed by atoms with Crippen LogP contribution in [0.25, 0.3) is 44.2 Å². The van der Waals surface area contributed by atoms with Crippen LogP contribution in [0.2, 0.25) is 0 Å². The first kappa shape index (κ1) is 40.4. The van der Waals surface area contributed by atoms with Gasteiger partial charge in [-0.2, -0.15) is 0 Å². The second-order valence-corrected chi connectivity index (χ2v) is 17.9. The molecule has 0 unspecified atom stereocenters. The molecule has 6 aromatic rings. The van der Waals surface area contributed by atoms with Crippen LogP contribution < -0.4 is 5.32 Å². The molecule has 0 bridgehead atoms. The minimum Gasteiger partial charge on any atom is -0.453 e. The van der Waals surface area contributed by atoms with Crippen LogP contribution in [0.3, 0.4) is 0 Å². The van der Waals surface area contributed by atoms with Gasteiger partial charge in [-0.3, -0.25) is 14.5 Å². The fraction of sp³-hybridized carbons (Fsp3) is 0.408. The molecule has 0 spiro atoms. The summed E-state index contributed by atoms with van der Waals surface area (Å²) in [7, 11) is 1.30. The number of alkyl carbamates (subject to hydrolysis) is 1. The highest BCUT2D eigenvalue weighted by Crippen LogP contribution is 2.40. The Hall–Kier alpha value is -6.01. The molecule has 12 nitrogen and oxygen atoms in total. The molecule has 2 aromatic heterocycles. The van der Waals surface area contributed by atoms with Crippen molar-refractivity contribution >= 4 is 39.7 Å². The van der Waals surface area contributed by atoms with Crippen LogP contribution in [-0.4, -0.2) is 91.9 Å². The van der Waals surface area contributed by atoms with Crippen LogP contribution in [0.5, 0.6) is 0 Å². The largest absolute Gasteiger partial charge is 0.453 e. The molecule has 3 aliphatic heterocycles. The number of rotatable bonds is 10. The molecular formula is C49H56N8O4. The molecule has 3 N–H and O–H groups in total. The van der Waals surface area contributed by atoms with Crippen molar-refractivity contribution in [1.29, 1.82) is 0 Å². The zero-order valence-corrected chi connectivity index (χ0v) is 35.7. The van der Waals surface area contributed by atoms with Crippen molar-refractivity contribution in [3.8, 4) is 22.4 Å². The van der Waals surface area contributed by atoms with Crippen molar-refractivity contribution in [2.24, 2.45) is 17.8 Å². The Bertz CT molecular complexity index is 2560. The molecule has 0 aliphatic carbocycles. The third-order valence-electron chi connectivity index (χ3n) is 13.0. The van der Waals surface area contributed by atoms with Crippen molar-refractivity contribution in [2.45, 2.75) is 77.5 Å². The number of imidazole rings is 2. The molecule has 9 rings (SSSR count). The van der Waals surface area contributed by atoms with Gasteiger partial charge < -0.3 is 29.8 Å². The van der Waals surface area contributed by atoms with Gasteiger partial charge >= 0.3 is 6.09 Å². The SMILES string of the molecule is COC(=O)N[C@H](C(=O)N1C[C@@H](C)C[C@H]1c1ncc(-c2ccc3cc(-c4ccc5nc([C@@H]6C[C@H](C)CN6C(=O)[C@@H](c6ccccc6)N6CCCC6)[nH]c5c4)ccc3c2)[nH]1)C(C)C. The molecule has 0 radical (unpaired) electrons. The quantitative estimate of drug-likeness (QED) is 0.126. The van der Waals surface area contributed by atoms with E-state index in [-0.39, 0.29) is 41.8 Å². The van der Waals surface area contributed by atoms with E-state index in [0.29, 0.717) is 12.5 Å². The summed E-state index contributed by atoms with van der Waals surface area (Å²) in [4.78, 5) is 63.7.